The lowest BCUT2D eigenvalue weighted by Crippen LogP contribution is -2.24. The van der Waals surface area contributed by atoms with Crippen molar-refractivity contribution < 1.29 is 15.0 Å². The van der Waals surface area contributed by atoms with E-state index < -0.39 is 6.03 Å². The molecule has 0 aromatic heterocycles. The summed E-state index contributed by atoms with van der Waals surface area (Å²) in [5, 5.41) is 22.5. The molecular weight excluding hydrogens is 346 g/mol. The highest BCUT2D eigenvalue weighted by Gasteiger charge is 2.12. The summed E-state index contributed by atoms with van der Waals surface area (Å²) in [6.07, 6.45) is 1.19. The maximum atomic E-state index is 10.3. The van der Waals surface area contributed by atoms with Crippen molar-refractivity contribution in [1.29, 1.82) is 0 Å². The standard InChI is InChI=1S/C8H7Br2N3O3/c9-4-1-3(2-12-13-8(11)16)6(14)5(10)7(4)15/h1-2,14-15H,(H3,11,13,16). The molecule has 1 rings (SSSR count). The van der Waals surface area contributed by atoms with E-state index in [1.54, 1.807) is 0 Å². The number of phenols is 2. The van der Waals surface area contributed by atoms with Crippen LogP contribution in [0.4, 0.5) is 4.79 Å². The average molecular weight is 353 g/mol. The van der Waals surface area contributed by atoms with Gasteiger partial charge in [-0.2, -0.15) is 5.10 Å². The predicted molar refractivity (Wildman–Crippen MR) is 65.5 cm³/mol. The molecule has 2 amide bonds. The monoisotopic (exact) mass is 351 g/mol. The van der Waals surface area contributed by atoms with Crippen molar-refractivity contribution in [3.63, 3.8) is 0 Å². The molecule has 8 heteroatoms. The highest BCUT2D eigenvalue weighted by Crippen LogP contribution is 2.40. The molecule has 0 spiro atoms. The summed E-state index contributed by atoms with van der Waals surface area (Å²) in [7, 11) is 0. The molecule has 0 saturated heterocycles. The second kappa shape index (κ2) is 5.17. The maximum absolute atomic E-state index is 10.3. The van der Waals surface area contributed by atoms with Crippen molar-refractivity contribution in [1.82, 2.24) is 5.43 Å². The zero-order chi connectivity index (χ0) is 12.3. The van der Waals surface area contributed by atoms with E-state index in [0.717, 1.165) is 0 Å². The number of carbonyl (C=O) groups excluding carboxylic acids is 1. The summed E-state index contributed by atoms with van der Waals surface area (Å²) in [5.41, 5.74) is 7.07. The number of halogens is 2. The lowest BCUT2D eigenvalue weighted by molar-refractivity contribution is 0.249. The Morgan fingerprint density at radius 3 is 2.62 bits per heavy atom. The highest BCUT2D eigenvalue weighted by molar-refractivity contribution is 9.11. The molecule has 6 nitrogen and oxygen atoms in total. The van der Waals surface area contributed by atoms with E-state index in [1.807, 2.05) is 5.43 Å². The summed E-state index contributed by atoms with van der Waals surface area (Å²) in [6, 6.07) is 0.620. The third-order valence-corrected chi connectivity index (χ3v) is 2.93. The average Bonchev–Trinajstić information content (AvgIpc) is 2.22. The zero-order valence-electron chi connectivity index (χ0n) is 7.74. The van der Waals surface area contributed by atoms with Gasteiger partial charge in [-0.1, -0.05) is 0 Å². The third kappa shape index (κ3) is 2.86. The van der Waals surface area contributed by atoms with Gasteiger partial charge in [-0.3, -0.25) is 0 Å². The van der Waals surface area contributed by atoms with Crippen LogP contribution in [-0.4, -0.2) is 22.5 Å². The minimum Gasteiger partial charge on any atom is -0.506 e. The van der Waals surface area contributed by atoms with Gasteiger partial charge in [0.2, 0.25) is 0 Å². The fourth-order valence-corrected chi connectivity index (χ4v) is 2.03. The first-order chi connectivity index (χ1) is 7.43. The summed E-state index contributed by atoms with van der Waals surface area (Å²) in [5.74, 6) is -0.326. The van der Waals surface area contributed by atoms with E-state index in [4.69, 9.17) is 5.73 Å². The SMILES string of the molecule is NC(=O)NN=Cc1cc(Br)c(O)c(Br)c1O. The van der Waals surface area contributed by atoms with Crippen molar-refractivity contribution in [2.75, 3.05) is 0 Å². The summed E-state index contributed by atoms with van der Waals surface area (Å²) in [4.78, 5) is 10.3. The molecule has 0 saturated carbocycles. The van der Waals surface area contributed by atoms with Crippen molar-refractivity contribution >= 4 is 44.1 Å². The molecule has 86 valence electrons. The molecule has 0 heterocycles. The van der Waals surface area contributed by atoms with Gasteiger partial charge in [0, 0.05) is 5.56 Å². The summed E-state index contributed by atoms with van der Waals surface area (Å²) in [6.45, 7) is 0. The number of aromatic hydroxyl groups is 2. The Bertz CT molecular complexity index is 462. The molecule has 0 fully saturated rings. The third-order valence-electron chi connectivity index (χ3n) is 1.58. The molecule has 1 aromatic carbocycles. The lowest BCUT2D eigenvalue weighted by Gasteiger charge is -2.05. The van der Waals surface area contributed by atoms with Gasteiger partial charge >= 0.3 is 6.03 Å². The number of hydrogen-bond acceptors (Lipinski definition) is 4. The van der Waals surface area contributed by atoms with Crippen LogP contribution >= 0.6 is 31.9 Å². The largest absolute Gasteiger partial charge is 0.506 e. The second-order valence-electron chi connectivity index (χ2n) is 2.69. The number of carbonyl (C=O) groups is 1. The highest BCUT2D eigenvalue weighted by atomic mass is 79.9. The van der Waals surface area contributed by atoms with E-state index in [9.17, 15) is 15.0 Å². The van der Waals surface area contributed by atoms with E-state index in [0.29, 0.717) is 10.0 Å². The maximum Gasteiger partial charge on any atom is 0.332 e. The van der Waals surface area contributed by atoms with Crippen molar-refractivity contribution in [2.45, 2.75) is 0 Å². The first kappa shape index (κ1) is 12.8. The van der Waals surface area contributed by atoms with Crippen LogP contribution in [-0.2, 0) is 0 Å². The Morgan fingerprint density at radius 2 is 2.06 bits per heavy atom. The van der Waals surface area contributed by atoms with Gasteiger partial charge in [0.1, 0.15) is 16.0 Å². The van der Waals surface area contributed by atoms with Crippen LogP contribution in [0.5, 0.6) is 11.5 Å². The van der Waals surface area contributed by atoms with E-state index >= 15 is 0 Å². The number of nitrogens with one attached hydrogen (secondary N) is 1. The second-order valence-corrected chi connectivity index (χ2v) is 4.34. The van der Waals surface area contributed by atoms with Crippen LogP contribution in [0, 0.1) is 0 Å². The minimum atomic E-state index is -0.812. The number of urea groups is 1. The Balaban J connectivity index is 3.06. The number of amides is 2. The molecule has 0 unspecified atom stereocenters. The molecular formula is C8H7Br2N3O3. The smallest absolute Gasteiger partial charge is 0.332 e. The van der Waals surface area contributed by atoms with Crippen LogP contribution < -0.4 is 11.2 Å². The number of phenolic OH excluding ortho intramolecular Hbond substituents is 2. The summed E-state index contributed by atoms with van der Waals surface area (Å²) < 4.78 is 0.500. The topological polar surface area (TPSA) is 108 Å². The number of hydrazone groups is 1. The van der Waals surface area contributed by atoms with Crippen LogP contribution in [0.2, 0.25) is 0 Å². The van der Waals surface area contributed by atoms with E-state index in [1.165, 1.54) is 12.3 Å². The van der Waals surface area contributed by atoms with E-state index in [2.05, 4.69) is 37.0 Å². The Kier molecular flexibility index (Phi) is 4.13. The van der Waals surface area contributed by atoms with Crippen molar-refractivity contribution in [2.24, 2.45) is 10.8 Å². The van der Waals surface area contributed by atoms with Crippen LogP contribution in [0.15, 0.2) is 20.1 Å². The number of nitrogens with zero attached hydrogens (tertiary/aromatic N) is 1. The number of benzene rings is 1. The fraction of sp³-hybridized carbons (Fsp3) is 0. The zero-order valence-corrected chi connectivity index (χ0v) is 10.9. The molecule has 16 heavy (non-hydrogen) atoms. The molecule has 0 aliphatic carbocycles. The Hall–Kier alpha value is -1.28. The Labute approximate surface area is 107 Å². The van der Waals surface area contributed by atoms with Gasteiger partial charge in [-0.25, -0.2) is 10.2 Å². The van der Waals surface area contributed by atoms with Gasteiger partial charge in [-0.05, 0) is 37.9 Å². The first-order valence-corrected chi connectivity index (χ1v) is 5.50. The molecule has 0 bridgehead atoms. The fourth-order valence-electron chi connectivity index (χ4n) is 0.881. The number of hydrogen-bond donors (Lipinski definition) is 4. The number of nitrogens with two attached hydrogens (primary N) is 1. The number of rotatable bonds is 2. The summed E-state index contributed by atoms with van der Waals surface area (Å²) >= 11 is 6.08. The molecule has 5 N–H and O–H groups in total. The van der Waals surface area contributed by atoms with Gasteiger partial charge in [-0.15, -0.1) is 0 Å². The van der Waals surface area contributed by atoms with Crippen LogP contribution in [0.1, 0.15) is 5.56 Å². The number of primary amides is 1. The Morgan fingerprint density at radius 1 is 1.44 bits per heavy atom. The quantitative estimate of drug-likeness (QED) is 0.479. The van der Waals surface area contributed by atoms with Crippen LogP contribution in [0.25, 0.3) is 0 Å². The molecule has 0 radical (unpaired) electrons. The first-order valence-electron chi connectivity index (χ1n) is 3.92. The normalized spacial score (nSPS) is 10.6. The van der Waals surface area contributed by atoms with Crippen LogP contribution in [0.3, 0.4) is 0 Å². The molecule has 0 aliphatic heterocycles. The van der Waals surface area contributed by atoms with Gasteiger partial charge in [0.25, 0.3) is 0 Å². The molecule has 1 aromatic rings. The van der Waals surface area contributed by atoms with Crippen molar-refractivity contribution in [3.05, 3.63) is 20.6 Å². The van der Waals surface area contributed by atoms with Crippen molar-refractivity contribution in [3.8, 4) is 11.5 Å². The van der Waals surface area contributed by atoms with E-state index in [-0.39, 0.29) is 16.0 Å². The minimum absolute atomic E-state index is 0.127. The van der Waals surface area contributed by atoms with Gasteiger partial charge in [0.15, 0.2) is 0 Å². The lowest BCUT2D eigenvalue weighted by atomic mass is 10.2. The predicted octanol–water partition coefficient (Wildman–Crippen LogP) is 1.62. The molecule has 0 aliphatic rings. The van der Waals surface area contributed by atoms with Gasteiger partial charge < -0.3 is 15.9 Å². The molecule has 0 atom stereocenters. The van der Waals surface area contributed by atoms with Gasteiger partial charge in [0.05, 0.1) is 10.7 Å².